The van der Waals surface area contributed by atoms with Crippen molar-refractivity contribution in [2.75, 3.05) is 26.4 Å². The molecule has 0 spiro atoms. The van der Waals surface area contributed by atoms with Gasteiger partial charge >= 0.3 is 11.9 Å². The largest absolute Gasteiger partial charge is 0.507 e. The number of carbonyl (C=O) groups is 2. The third-order valence-electron chi connectivity index (χ3n) is 9.20. The fraction of sp³-hybridized carbons (Fsp3) is 0.404. The number of aliphatic imine (C=N–C) groups is 2. The fourth-order valence-electron chi connectivity index (χ4n) is 5.77. The zero-order valence-corrected chi connectivity index (χ0v) is 33.5. The summed E-state index contributed by atoms with van der Waals surface area (Å²) in [5.74, 6) is 0.580. The van der Waals surface area contributed by atoms with E-state index in [2.05, 4.69) is 23.8 Å². The summed E-state index contributed by atoms with van der Waals surface area (Å²) in [5.41, 5.74) is 3.22. The zero-order valence-electron chi connectivity index (χ0n) is 33.5. The van der Waals surface area contributed by atoms with Crippen LogP contribution in [0.2, 0.25) is 0 Å². The van der Waals surface area contributed by atoms with E-state index in [9.17, 15) is 19.8 Å². The second-order valence-corrected chi connectivity index (χ2v) is 13.9. The van der Waals surface area contributed by atoms with Crippen LogP contribution in [-0.4, -0.2) is 61.0 Å². The molecule has 0 aliphatic heterocycles. The minimum atomic E-state index is -0.425. The Morgan fingerprint density at radius 3 is 1.25 bits per heavy atom. The molecular formula is C47H58N2O8. The topological polar surface area (TPSA) is 136 Å². The van der Waals surface area contributed by atoms with Crippen molar-refractivity contribution in [3.05, 3.63) is 107 Å². The summed E-state index contributed by atoms with van der Waals surface area (Å²) in [6.45, 7) is 6.13. The Hall–Kier alpha value is -5.64. The van der Waals surface area contributed by atoms with Gasteiger partial charge in [0.1, 0.15) is 23.0 Å². The molecule has 0 bridgehead atoms. The minimum absolute atomic E-state index is 0.0867. The average molecular weight is 779 g/mol. The van der Waals surface area contributed by atoms with Gasteiger partial charge in [-0.15, -0.1) is 0 Å². The SMILES string of the molecule is CCCCCCCOc1ccc(C=Nc2ccc(C(=O)OCCCCCOC(=O)c3ccc(N=Cc4ccc(OCCCCCCC)cc4O)cc3)cc2)c(O)c1. The van der Waals surface area contributed by atoms with Crippen LogP contribution in [0.5, 0.6) is 23.0 Å². The molecule has 0 aliphatic rings. The van der Waals surface area contributed by atoms with Crippen LogP contribution in [0.4, 0.5) is 11.4 Å². The van der Waals surface area contributed by atoms with Crippen LogP contribution in [0.25, 0.3) is 0 Å². The molecule has 10 heteroatoms. The number of benzene rings is 4. The Bertz CT molecular complexity index is 1720. The van der Waals surface area contributed by atoms with Gasteiger partial charge in [0.15, 0.2) is 0 Å². The Balaban J connectivity index is 1.08. The number of phenols is 2. The highest BCUT2D eigenvalue weighted by molar-refractivity contribution is 5.91. The molecule has 0 atom stereocenters. The van der Waals surface area contributed by atoms with E-state index >= 15 is 0 Å². The molecule has 0 aromatic heterocycles. The van der Waals surface area contributed by atoms with E-state index in [1.807, 2.05) is 12.1 Å². The van der Waals surface area contributed by atoms with Gasteiger partial charge < -0.3 is 29.2 Å². The van der Waals surface area contributed by atoms with Crippen molar-refractivity contribution in [1.82, 2.24) is 0 Å². The molecule has 0 amide bonds. The Morgan fingerprint density at radius 1 is 0.491 bits per heavy atom. The number of hydrogen-bond donors (Lipinski definition) is 2. The highest BCUT2D eigenvalue weighted by Crippen LogP contribution is 2.25. The molecule has 4 aromatic carbocycles. The number of ether oxygens (including phenoxy) is 4. The molecular weight excluding hydrogens is 721 g/mol. The number of nitrogens with zero attached hydrogens (tertiary/aromatic N) is 2. The van der Waals surface area contributed by atoms with Gasteiger partial charge in [0.2, 0.25) is 0 Å². The van der Waals surface area contributed by atoms with Crippen LogP contribution < -0.4 is 9.47 Å². The van der Waals surface area contributed by atoms with Gasteiger partial charge in [-0.25, -0.2) is 9.59 Å². The molecule has 0 radical (unpaired) electrons. The predicted octanol–water partition coefficient (Wildman–Crippen LogP) is 11.5. The molecule has 0 saturated carbocycles. The second kappa shape index (κ2) is 25.5. The van der Waals surface area contributed by atoms with Crippen LogP contribution >= 0.6 is 0 Å². The maximum Gasteiger partial charge on any atom is 0.338 e. The lowest BCUT2D eigenvalue weighted by Gasteiger charge is -2.08. The summed E-state index contributed by atoms with van der Waals surface area (Å²) < 4.78 is 22.3. The Labute approximate surface area is 337 Å². The zero-order chi connectivity index (χ0) is 40.5. The number of unbranched alkanes of at least 4 members (excludes halogenated alkanes) is 10. The van der Waals surface area contributed by atoms with E-state index in [0.29, 0.717) is 71.2 Å². The maximum absolute atomic E-state index is 12.5. The number of rotatable bonds is 26. The van der Waals surface area contributed by atoms with Crippen molar-refractivity contribution in [1.29, 1.82) is 0 Å². The van der Waals surface area contributed by atoms with Gasteiger partial charge in [0, 0.05) is 35.7 Å². The molecule has 0 aliphatic carbocycles. The van der Waals surface area contributed by atoms with Gasteiger partial charge in [0.05, 0.1) is 48.9 Å². The monoisotopic (exact) mass is 778 g/mol. The number of hydrogen-bond acceptors (Lipinski definition) is 10. The first-order valence-electron chi connectivity index (χ1n) is 20.4. The quantitative estimate of drug-likeness (QED) is 0.0365. The Kier molecular flexibility index (Phi) is 19.7. The van der Waals surface area contributed by atoms with Crippen LogP contribution in [0, 0.1) is 0 Å². The smallest absolute Gasteiger partial charge is 0.338 e. The molecule has 4 aromatic rings. The normalized spacial score (nSPS) is 11.3. The van der Waals surface area contributed by atoms with Crippen molar-refractivity contribution in [2.24, 2.45) is 9.98 Å². The molecule has 2 N–H and O–H groups in total. The molecule has 0 unspecified atom stereocenters. The summed E-state index contributed by atoms with van der Waals surface area (Å²) >= 11 is 0. The van der Waals surface area contributed by atoms with Gasteiger partial charge in [-0.05, 0) is 105 Å². The first kappa shape index (κ1) is 44.1. The van der Waals surface area contributed by atoms with Crippen molar-refractivity contribution < 1.29 is 38.7 Å². The third-order valence-corrected chi connectivity index (χ3v) is 9.20. The fourth-order valence-corrected chi connectivity index (χ4v) is 5.77. The number of esters is 2. The van der Waals surface area contributed by atoms with Crippen molar-refractivity contribution in [2.45, 2.75) is 97.3 Å². The number of aromatic hydroxyl groups is 2. The third kappa shape index (κ3) is 16.5. The van der Waals surface area contributed by atoms with Crippen LogP contribution in [0.3, 0.4) is 0 Å². The van der Waals surface area contributed by atoms with Crippen molar-refractivity contribution in [3.8, 4) is 23.0 Å². The molecule has 57 heavy (non-hydrogen) atoms. The highest BCUT2D eigenvalue weighted by Gasteiger charge is 2.09. The number of carbonyl (C=O) groups excluding carboxylic acids is 2. The van der Waals surface area contributed by atoms with Gasteiger partial charge in [-0.2, -0.15) is 0 Å². The van der Waals surface area contributed by atoms with E-state index in [4.69, 9.17) is 18.9 Å². The van der Waals surface area contributed by atoms with Crippen LogP contribution in [0.15, 0.2) is 94.9 Å². The van der Waals surface area contributed by atoms with E-state index < -0.39 is 11.9 Å². The van der Waals surface area contributed by atoms with Crippen molar-refractivity contribution >= 4 is 35.7 Å². The molecule has 4 rings (SSSR count). The highest BCUT2D eigenvalue weighted by atomic mass is 16.5. The van der Waals surface area contributed by atoms with Crippen LogP contribution in [0.1, 0.15) is 129 Å². The van der Waals surface area contributed by atoms with E-state index in [1.54, 1.807) is 85.2 Å². The first-order chi connectivity index (χ1) is 27.9. The van der Waals surface area contributed by atoms with Crippen LogP contribution in [-0.2, 0) is 9.47 Å². The maximum atomic E-state index is 12.5. The number of phenolic OH excluding ortho intramolecular Hbond substituents is 2. The average Bonchev–Trinajstić information content (AvgIpc) is 3.22. The summed E-state index contributed by atoms with van der Waals surface area (Å²) in [6.07, 6.45) is 16.7. The van der Waals surface area contributed by atoms with Gasteiger partial charge in [0.25, 0.3) is 0 Å². The Morgan fingerprint density at radius 2 is 0.860 bits per heavy atom. The standard InChI is InChI=1S/C47H58N2O8/c1-3-5-7-9-12-28-54-42-26-20-38(44(50)32-42)34-48-40-22-16-36(17-23-40)46(52)56-30-14-11-15-31-57-47(53)37-18-24-41(25-19-37)49-35-39-21-27-43(33-45(39)51)55-29-13-10-8-6-4-2/h16-27,32-35,50-51H,3-15,28-31H2,1-2H3. The summed E-state index contributed by atoms with van der Waals surface area (Å²) in [7, 11) is 0. The molecule has 304 valence electrons. The molecule has 0 fully saturated rings. The molecule has 10 nitrogen and oxygen atoms in total. The summed E-state index contributed by atoms with van der Waals surface area (Å²) in [5, 5.41) is 20.8. The molecule has 0 heterocycles. The lowest BCUT2D eigenvalue weighted by molar-refractivity contribution is 0.0478. The molecule has 0 saturated heterocycles. The van der Waals surface area contributed by atoms with E-state index in [0.717, 1.165) is 32.1 Å². The lowest BCUT2D eigenvalue weighted by atomic mass is 10.1. The van der Waals surface area contributed by atoms with Crippen molar-refractivity contribution in [3.63, 3.8) is 0 Å². The minimum Gasteiger partial charge on any atom is -0.507 e. The van der Waals surface area contributed by atoms with Gasteiger partial charge in [-0.1, -0.05) is 65.2 Å². The lowest BCUT2D eigenvalue weighted by Crippen LogP contribution is -2.08. The first-order valence-corrected chi connectivity index (χ1v) is 20.4. The summed E-state index contributed by atoms with van der Waals surface area (Å²) in [6, 6.07) is 23.8. The van der Waals surface area contributed by atoms with E-state index in [1.165, 1.54) is 38.5 Å². The van der Waals surface area contributed by atoms with Gasteiger partial charge in [-0.3, -0.25) is 9.98 Å². The second-order valence-electron chi connectivity index (χ2n) is 13.9. The predicted molar refractivity (Wildman–Crippen MR) is 227 cm³/mol. The summed E-state index contributed by atoms with van der Waals surface area (Å²) in [4.78, 5) is 33.9. The van der Waals surface area contributed by atoms with E-state index in [-0.39, 0.29) is 24.7 Å².